The van der Waals surface area contributed by atoms with E-state index in [0.29, 0.717) is 6.54 Å². The molecule has 98 valence electrons. The number of hydrogen-bond donors (Lipinski definition) is 3. The molecule has 4 N–H and O–H groups in total. The summed E-state index contributed by atoms with van der Waals surface area (Å²) in [6.45, 7) is 4.33. The van der Waals surface area contributed by atoms with E-state index in [-0.39, 0.29) is 23.8 Å². The summed E-state index contributed by atoms with van der Waals surface area (Å²) >= 11 is 0. The third-order valence-corrected chi connectivity index (χ3v) is 3.21. The van der Waals surface area contributed by atoms with Crippen LogP contribution in [0, 0.1) is 5.92 Å². The third kappa shape index (κ3) is 4.00. The number of rotatable bonds is 5. The fourth-order valence-corrected chi connectivity index (χ4v) is 2.10. The summed E-state index contributed by atoms with van der Waals surface area (Å²) in [6, 6.07) is -0.539. The molecule has 1 aliphatic carbocycles. The van der Waals surface area contributed by atoms with Crippen molar-refractivity contribution in [3.8, 4) is 0 Å². The number of nitrogens with one attached hydrogen (secondary N) is 2. The fourth-order valence-electron chi connectivity index (χ4n) is 2.10. The van der Waals surface area contributed by atoms with Gasteiger partial charge in [0.2, 0.25) is 11.8 Å². The quantitative estimate of drug-likeness (QED) is 0.640. The van der Waals surface area contributed by atoms with Gasteiger partial charge in [0.15, 0.2) is 0 Å². The van der Waals surface area contributed by atoms with Crippen molar-refractivity contribution < 1.29 is 9.59 Å². The fraction of sp³-hybridized carbons (Fsp3) is 0.833. The molecule has 0 aromatic heterocycles. The molecule has 1 rings (SSSR count). The van der Waals surface area contributed by atoms with Crippen molar-refractivity contribution in [1.82, 2.24) is 10.6 Å². The van der Waals surface area contributed by atoms with E-state index in [1.807, 2.05) is 6.92 Å². The maximum absolute atomic E-state index is 11.9. The van der Waals surface area contributed by atoms with E-state index in [1.54, 1.807) is 6.92 Å². The summed E-state index contributed by atoms with van der Waals surface area (Å²) in [6.07, 6.45) is 3.61. The van der Waals surface area contributed by atoms with E-state index >= 15 is 0 Å². The number of hydrogen-bond acceptors (Lipinski definition) is 3. The Morgan fingerprint density at radius 3 is 2.65 bits per heavy atom. The Balaban J connectivity index is 2.37. The monoisotopic (exact) mass is 241 g/mol. The molecule has 3 unspecified atom stereocenters. The van der Waals surface area contributed by atoms with E-state index in [1.165, 1.54) is 0 Å². The molecule has 0 spiro atoms. The molecule has 17 heavy (non-hydrogen) atoms. The Kier molecular flexibility index (Phi) is 5.41. The average molecular weight is 241 g/mol. The molecule has 1 saturated carbocycles. The van der Waals surface area contributed by atoms with Crippen molar-refractivity contribution in [2.24, 2.45) is 11.7 Å². The number of carbonyl (C=O) groups is 2. The van der Waals surface area contributed by atoms with Gasteiger partial charge in [0.25, 0.3) is 0 Å². The van der Waals surface area contributed by atoms with Crippen LogP contribution in [0.3, 0.4) is 0 Å². The van der Waals surface area contributed by atoms with Gasteiger partial charge in [0, 0.05) is 12.6 Å². The predicted octanol–water partition coefficient (Wildman–Crippen LogP) is 0.145. The van der Waals surface area contributed by atoms with Gasteiger partial charge in [0.1, 0.15) is 6.04 Å². The van der Waals surface area contributed by atoms with Crippen LogP contribution in [-0.2, 0) is 9.59 Å². The molecular formula is C12H23N3O2. The molecule has 0 aromatic rings. The van der Waals surface area contributed by atoms with Gasteiger partial charge in [-0.2, -0.15) is 0 Å². The van der Waals surface area contributed by atoms with Crippen LogP contribution >= 0.6 is 0 Å². The molecular weight excluding hydrogens is 218 g/mol. The van der Waals surface area contributed by atoms with Crippen molar-refractivity contribution in [1.29, 1.82) is 0 Å². The minimum Gasteiger partial charge on any atom is -0.354 e. The van der Waals surface area contributed by atoms with Gasteiger partial charge < -0.3 is 16.4 Å². The van der Waals surface area contributed by atoms with E-state index in [0.717, 1.165) is 25.7 Å². The minimum absolute atomic E-state index is 0.0547. The summed E-state index contributed by atoms with van der Waals surface area (Å²) in [5.74, 6) is -0.350. The highest BCUT2D eigenvalue weighted by molar-refractivity contribution is 5.88. The van der Waals surface area contributed by atoms with Gasteiger partial charge in [-0.3, -0.25) is 9.59 Å². The van der Waals surface area contributed by atoms with Gasteiger partial charge in [-0.15, -0.1) is 0 Å². The molecule has 0 radical (unpaired) electrons. The highest BCUT2D eigenvalue weighted by atomic mass is 16.2. The lowest BCUT2D eigenvalue weighted by molar-refractivity contribution is -0.130. The Bertz CT molecular complexity index is 281. The molecule has 3 atom stereocenters. The zero-order chi connectivity index (χ0) is 12.8. The van der Waals surface area contributed by atoms with Crippen molar-refractivity contribution in [3.63, 3.8) is 0 Å². The molecule has 1 fully saturated rings. The zero-order valence-corrected chi connectivity index (χ0v) is 10.7. The van der Waals surface area contributed by atoms with Gasteiger partial charge in [-0.25, -0.2) is 0 Å². The highest BCUT2D eigenvalue weighted by Gasteiger charge is 2.31. The first-order valence-corrected chi connectivity index (χ1v) is 6.40. The summed E-state index contributed by atoms with van der Waals surface area (Å²) in [5, 5.41) is 5.48. The maximum atomic E-state index is 11.9. The van der Waals surface area contributed by atoms with Crippen LogP contribution in [0.25, 0.3) is 0 Å². The lowest BCUT2D eigenvalue weighted by Gasteiger charge is -2.19. The van der Waals surface area contributed by atoms with E-state index < -0.39 is 6.04 Å². The Hall–Kier alpha value is -1.10. The zero-order valence-electron chi connectivity index (χ0n) is 10.7. The molecule has 0 saturated heterocycles. The molecule has 0 aromatic carbocycles. The van der Waals surface area contributed by atoms with Crippen LogP contribution in [0.4, 0.5) is 0 Å². The Morgan fingerprint density at radius 1 is 1.41 bits per heavy atom. The number of carbonyl (C=O) groups excluding carboxylic acids is 2. The summed E-state index contributed by atoms with van der Waals surface area (Å²) in [5.41, 5.74) is 5.85. The van der Waals surface area contributed by atoms with E-state index in [4.69, 9.17) is 5.73 Å². The molecule has 5 heteroatoms. The number of nitrogens with two attached hydrogens (primary N) is 1. The lowest BCUT2D eigenvalue weighted by atomic mass is 10.0. The molecule has 5 nitrogen and oxygen atoms in total. The molecule has 0 aliphatic heterocycles. The highest BCUT2D eigenvalue weighted by Crippen LogP contribution is 2.23. The van der Waals surface area contributed by atoms with Gasteiger partial charge in [0.05, 0.1) is 5.92 Å². The normalized spacial score (nSPS) is 25.4. The van der Waals surface area contributed by atoms with Crippen LogP contribution in [0.5, 0.6) is 0 Å². The smallest absolute Gasteiger partial charge is 0.242 e. The molecule has 2 amide bonds. The summed E-state index contributed by atoms with van der Waals surface area (Å²) in [7, 11) is 0. The van der Waals surface area contributed by atoms with Crippen LogP contribution < -0.4 is 16.4 Å². The first kappa shape index (κ1) is 14.0. The van der Waals surface area contributed by atoms with Gasteiger partial charge in [-0.1, -0.05) is 13.3 Å². The maximum Gasteiger partial charge on any atom is 0.242 e. The number of amides is 2. The van der Waals surface area contributed by atoms with Crippen molar-refractivity contribution in [3.05, 3.63) is 0 Å². The Labute approximate surface area is 103 Å². The molecule has 1 aliphatic rings. The minimum atomic E-state index is -0.484. The average Bonchev–Trinajstić information content (AvgIpc) is 2.72. The standard InChI is InChI=1S/C12H23N3O2/c1-3-7-14-11(16)8(2)15-12(17)9-5-4-6-10(9)13/h8-10H,3-7,13H2,1-2H3,(H,14,16)(H,15,17). The summed E-state index contributed by atoms with van der Waals surface area (Å²) in [4.78, 5) is 23.5. The predicted molar refractivity (Wildman–Crippen MR) is 66.2 cm³/mol. The van der Waals surface area contributed by atoms with Gasteiger partial charge >= 0.3 is 0 Å². The van der Waals surface area contributed by atoms with E-state index in [9.17, 15) is 9.59 Å². The topological polar surface area (TPSA) is 84.2 Å². The second-order valence-corrected chi connectivity index (χ2v) is 4.72. The van der Waals surface area contributed by atoms with Crippen LogP contribution in [0.2, 0.25) is 0 Å². The van der Waals surface area contributed by atoms with Crippen molar-refractivity contribution in [2.45, 2.75) is 51.6 Å². The second-order valence-electron chi connectivity index (χ2n) is 4.72. The van der Waals surface area contributed by atoms with Crippen molar-refractivity contribution >= 4 is 11.8 Å². The van der Waals surface area contributed by atoms with Crippen molar-refractivity contribution in [2.75, 3.05) is 6.54 Å². The van der Waals surface area contributed by atoms with E-state index in [2.05, 4.69) is 10.6 Å². The second kappa shape index (κ2) is 6.59. The Morgan fingerprint density at radius 2 is 2.12 bits per heavy atom. The third-order valence-electron chi connectivity index (χ3n) is 3.21. The SMILES string of the molecule is CCCNC(=O)C(C)NC(=O)C1CCCC1N. The van der Waals surface area contributed by atoms with Gasteiger partial charge in [-0.05, 0) is 26.2 Å². The first-order chi connectivity index (χ1) is 8.06. The van der Waals surface area contributed by atoms with Crippen LogP contribution in [0.15, 0.2) is 0 Å². The van der Waals surface area contributed by atoms with Crippen LogP contribution in [-0.4, -0.2) is 30.4 Å². The largest absolute Gasteiger partial charge is 0.354 e. The lowest BCUT2D eigenvalue weighted by Crippen LogP contribution is -2.48. The molecule has 0 heterocycles. The summed E-state index contributed by atoms with van der Waals surface area (Å²) < 4.78 is 0. The van der Waals surface area contributed by atoms with Crippen LogP contribution in [0.1, 0.15) is 39.5 Å². The first-order valence-electron chi connectivity index (χ1n) is 6.40. The molecule has 0 bridgehead atoms.